The third kappa shape index (κ3) is 5.62. The van der Waals surface area contributed by atoms with E-state index in [-0.39, 0.29) is 29.1 Å². The molecule has 0 aromatic heterocycles. The molecule has 6 nitrogen and oxygen atoms in total. The lowest BCUT2D eigenvalue weighted by molar-refractivity contribution is -0.418. The third-order valence-corrected chi connectivity index (χ3v) is 4.46. The molecule has 0 aromatic rings. The fourth-order valence-corrected chi connectivity index (χ4v) is 3.21. The van der Waals surface area contributed by atoms with Gasteiger partial charge in [-0.2, -0.15) is 0 Å². The van der Waals surface area contributed by atoms with Gasteiger partial charge >= 0.3 is 0 Å². The summed E-state index contributed by atoms with van der Waals surface area (Å²) in [5.74, 6) is 0. The average molecular weight is 303 g/mol. The largest absolute Gasteiger partial charge is 0.394 e. The second kappa shape index (κ2) is 8.41. The van der Waals surface area contributed by atoms with Crippen LogP contribution in [0.25, 0.3) is 0 Å². The van der Waals surface area contributed by atoms with Crippen molar-refractivity contribution in [1.29, 1.82) is 0 Å². The highest BCUT2D eigenvalue weighted by Crippen LogP contribution is 2.31. The zero-order valence-corrected chi connectivity index (χ0v) is 12.3. The summed E-state index contributed by atoms with van der Waals surface area (Å²) in [5, 5.41) is 29.4. The molecule has 4 atom stereocenters. The molecule has 0 aromatic carbocycles. The summed E-state index contributed by atoms with van der Waals surface area (Å²) in [4.78, 5) is 9.95. The smallest absolute Gasteiger partial charge is 0.262 e. The SMILES string of the molecule is C=C(/C=C\C(CC)S[C@H]1C[C@@H](O)C[C@@H](CO)O1)[N+](=O)[O-]. The van der Waals surface area contributed by atoms with Crippen LogP contribution in [0.5, 0.6) is 0 Å². The van der Waals surface area contributed by atoms with E-state index in [4.69, 9.17) is 9.84 Å². The van der Waals surface area contributed by atoms with Crippen LogP contribution in [0.4, 0.5) is 0 Å². The van der Waals surface area contributed by atoms with Crippen molar-refractivity contribution in [1.82, 2.24) is 0 Å². The van der Waals surface area contributed by atoms with E-state index < -0.39 is 11.0 Å². The molecule has 0 bridgehead atoms. The lowest BCUT2D eigenvalue weighted by atomic mass is 10.1. The number of hydrogen-bond donors (Lipinski definition) is 2. The van der Waals surface area contributed by atoms with Crippen molar-refractivity contribution in [3.63, 3.8) is 0 Å². The van der Waals surface area contributed by atoms with Crippen molar-refractivity contribution in [2.24, 2.45) is 0 Å². The molecule has 114 valence electrons. The van der Waals surface area contributed by atoms with Gasteiger partial charge in [-0.3, -0.25) is 10.1 Å². The third-order valence-electron chi connectivity index (χ3n) is 3.01. The van der Waals surface area contributed by atoms with Gasteiger partial charge in [0, 0.05) is 24.2 Å². The van der Waals surface area contributed by atoms with E-state index >= 15 is 0 Å². The zero-order valence-electron chi connectivity index (χ0n) is 11.5. The molecule has 1 aliphatic heterocycles. The van der Waals surface area contributed by atoms with Crippen LogP contribution in [0.15, 0.2) is 24.4 Å². The molecule has 7 heteroatoms. The molecule has 0 radical (unpaired) electrons. The first-order chi connectivity index (χ1) is 9.46. The normalized spacial score (nSPS) is 28.4. The molecule has 0 saturated carbocycles. The first-order valence-electron chi connectivity index (χ1n) is 6.57. The summed E-state index contributed by atoms with van der Waals surface area (Å²) in [5.41, 5.74) is -0.365. The Morgan fingerprint density at radius 1 is 1.65 bits per heavy atom. The van der Waals surface area contributed by atoms with Crippen molar-refractivity contribution in [2.75, 3.05) is 6.61 Å². The van der Waals surface area contributed by atoms with Crippen LogP contribution in [0.3, 0.4) is 0 Å². The Balaban J connectivity index is 2.55. The molecule has 2 N–H and O–H groups in total. The first kappa shape index (κ1) is 17.2. The molecular formula is C13H21NO5S. The van der Waals surface area contributed by atoms with Crippen molar-refractivity contribution >= 4 is 11.8 Å². The van der Waals surface area contributed by atoms with E-state index in [2.05, 4.69) is 6.58 Å². The van der Waals surface area contributed by atoms with Crippen LogP contribution >= 0.6 is 11.8 Å². The number of nitro groups is 1. The minimum absolute atomic E-state index is 0.0429. The van der Waals surface area contributed by atoms with Crippen molar-refractivity contribution in [2.45, 2.75) is 49.1 Å². The highest BCUT2D eigenvalue weighted by atomic mass is 32.2. The topological polar surface area (TPSA) is 92.8 Å². The monoisotopic (exact) mass is 303 g/mol. The molecule has 1 fully saturated rings. The Bertz CT molecular complexity index is 374. The van der Waals surface area contributed by atoms with Gasteiger partial charge in [-0.1, -0.05) is 13.0 Å². The van der Waals surface area contributed by atoms with Crippen LogP contribution in [0.2, 0.25) is 0 Å². The van der Waals surface area contributed by atoms with Crippen LogP contribution in [-0.2, 0) is 4.74 Å². The predicted octanol–water partition coefficient (Wildman–Crippen LogP) is 1.70. The molecule has 0 amide bonds. The van der Waals surface area contributed by atoms with Gasteiger partial charge in [-0.25, -0.2) is 0 Å². The van der Waals surface area contributed by atoms with E-state index in [1.54, 1.807) is 6.08 Å². The first-order valence-corrected chi connectivity index (χ1v) is 7.51. The summed E-state index contributed by atoms with van der Waals surface area (Å²) in [6.45, 7) is 5.20. The van der Waals surface area contributed by atoms with Gasteiger partial charge < -0.3 is 14.9 Å². The van der Waals surface area contributed by atoms with Gasteiger partial charge in [0.25, 0.3) is 5.70 Å². The standard InChI is InChI=1S/C13H21NO5S/c1-3-12(5-4-9(2)14(17)18)20-13-7-10(16)6-11(8-15)19-13/h4-5,10-13,15-16H,2-3,6-8H2,1H3/b5-4-/t10-,11-,12?,13-/m0/s1. The number of thioether (sulfide) groups is 1. The number of ether oxygens (including phenoxy) is 1. The number of allylic oxidation sites excluding steroid dienone is 1. The summed E-state index contributed by atoms with van der Waals surface area (Å²) < 4.78 is 5.66. The summed E-state index contributed by atoms with van der Waals surface area (Å²) in [7, 11) is 0. The van der Waals surface area contributed by atoms with Gasteiger partial charge in [0.2, 0.25) is 0 Å². The highest BCUT2D eigenvalue weighted by molar-refractivity contribution is 8.00. The van der Waals surface area contributed by atoms with Crippen LogP contribution in [-0.4, -0.2) is 44.6 Å². The number of aliphatic hydroxyl groups is 2. The summed E-state index contributed by atoms with van der Waals surface area (Å²) in [6, 6.07) is 0. The van der Waals surface area contributed by atoms with E-state index in [0.717, 1.165) is 6.42 Å². The minimum atomic E-state index is -0.531. The maximum absolute atomic E-state index is 10.5. The van der Waals surface area contributed by atoms with E-state index in [1.807, 2.05) is 6.92 Å². The van der Waals surface area contributed by atoms with Gasteiger partial charge in [-0.15, -0.1) is 11.8 Å². The zero-order chi connectivity index (χ0) is 15.1. The lowest BCUT2D eigenvalue weighted by Crippen LogP contribution is -2.36. The molecule has 1 saturated heterocycles. The Morgan fingerprint density at radius 3 is 2.90 bits per heavy atom. The number of rotatable bonds is 7. The van der Waals surface area contributed by atoms with Gasteiger partial charge in [-0.05, 0) is 13.0 Å². The Morgan fingerprint density at radius 2 is 2.35 bits per heavy atom. The second-order valence-electron chi connectivity index (χ2n) is 4.69. The van der Waals surface area contributed by atoms with Crippen molar-refractivity contribution in [3.8, 4) is 0 Å². The highest BCUT2D eigenvalue weighted by Gasteiger charge is 2.29. The van der Waals surface area contributed by atoms with Crippen LogP contribution in [0, 0.1) is 10.1 Å². The Hall–Kier alpha value is -0.890. The van der Waals surface area contributed by atoms with Gasteiger partial charge in [0.05, 0.1) is 23.7 Å². The maximum atomic E-state index is 10.5. The maximum Gasteiger partial charge on any atom is 0.262 e. The quantitative estimate of drug-likeness (QED) is 0.422. The molecule has 0 aliphatic carbocycles. The predicted molar refractivity (Wildman–Crippen MR) is 77.9 cm³/mol. The van der Waals surface area contributed by atoms with Crippen LogP contribution < -0.4 is 0 Å². The fraction of sp³-hybridized carbons (Fsp3) is 0.692. The molecule has 20 heavy (non-hydrogen) atoms. The molecule has 1 aliphatic rings. The van der Waals surface area contributed by atoms with E-state index in [0.29, 0.717) is 12.8 Å². The minimum Gasteiger partial charge on any atom is -0.394 e. The number of hydrogen-bond acceptors (Lipinski definition) is 6. The molecule has 1 rings (SSSR count). The van der Waals surface area contributed by atoms with Crippen LogP contribution in [0.1, 0.15) is 26.2 Å². The van der Waals surface area contributed by atoms with Crippen molar-refractivity contribution < 1.29 is 19.9 Å². The molecule has 0 spiro atoms. The van der Waals surface area contributed by atoms with E-state index in [1.165, 1.54) is 17.8 Å². The lowest BCUT2D eigenvalue weighted by Gasteiger charge is -2.33. The fourth-order valence-electron chi connectivity index (χ4n) is 1.90. The average Bonchev–Trinajstić information content (AvgIpc) is 2.42. The van der Waals surface area contributed by atoms with Crippen molar-refractivity contribution in [3.05, 3.63) is 34.5 Å². The van der Waals surface area contributed by atoms with Gasteiger partial charge in [0.15, 0.2) is 0 Å². The summed E-state index contributed by atoms with van der Waals surface area (Å²) >= 11 is 1.50. The van der Waals surface area contributed by atoms with Gasteiger partial charge in [0.1, 0.15) is 5.44 Å². The molecule has 1 heterocycles. The summed E-state index contributed by atoms with van der Waals surface area (Å²) in [6.07, 6.45) is 4.03. The molecule has 1 unspecified atom stereocenters. The Kier molecular flexibility index (Phi) is 7.22. The number of nitrogens with zero attached hydrogens (tertiary/aromatic N) is 1. The number of aliphatic hydroxyl groups excluding tert-OH is 2. The Labute approximate surface area is 122 Å². The van der Waals surface area contributed by atoms with E-state index in [9.17, 15) is 15.2 Å². The second-order valence-corrected chi connectivity index (χ2v) is 6.09. The molecular weight excluding hydrogens is 282 g/mol.